The molecule has 32 heavy (non-hydrogen) atoms. The van der Waals surface area contributed by atoms with E-state index in [1.807, 2.05) is 50.6 Å². The summed E-state index contributed by atoms with van der Waals surface area (Å²) in [4.78, 5) is 4.76. The highest BCUT2D eigenvalue weighted by Gasteiger charge is 2.10. The number of guanidine groups is 1. The first-order valence-electron chi connectivity index (χ1n) is 10.6. The van der Waals surface area contributed by atoms with Gasteiger partial charge in [0, 0.05) is 19.2 Å². The van der Waals surface area contributed by atoms with Gasteiger partial charge in [-0.1, -0.05) is 42.5 Å². The molecular weight excluding hydrogens is 515 g/mol. The molecular formula is C24H33IN6O. The van der Waals surface area contributed by atoms with E-state index in [2.05, 4.69) is 58.1 Å². The molecule has 7 nitrogen and oxygen atoms in total. The van der Waals surface area contributed by atoms with Gasteiger partial charge in [0.25, 0.3) is 0 Å². The fourth-order valence-electron chi connectivity index (χ4n) is 3.05. The summed E-state index contributed by atoms with van der Waals surface area (Å²) >= 11 is 0. The minimum atomic E-state index is 0. The van der Waals surface area contributed by atoms with Gasteiger partial charge in [-0.3, -0.25) is 0 Å². The molecule has 0 atom stereocenters. The molecule has 0 aliphatic heterocycles. The topological polar surface area (TPSA) is 76.4 Å². The van der Waals surface area contributed by atoms with Gasteiger partial charge in [0.05, 0.1) is 19.2 Å². The molecule has 8 heteroatoms. The van der Waals surface area contributed by atoms with Gasteiger partial charge in [0.1, 0.15) is 11.6 Å². The summed E-state index contributed by atoms with van der Waals surface area (Å²) in [5, 5.41) is 15.2. The molecule has 172 valence electrons. The third-order valence-electron chi connectivity index (χ3n) is 4.89. The monoisotopic (exact) mass is 548 g/mol. The van der Waals surface area contributed by atoms with E-state index in [-0.39, 0.29) is 30.1 Å². The Kier molecular flexibility index (Phi) is 9.96. The molecule has 1 heterocycles. The molecule has 0 aliphatic carbocycles. The van der Waals surface area contributed by atoms with Gasteiger partial charge in [-0.15, -0.1) is 34.2 Å². The molecule has 1 aromatic heterocycles. The van der Waals surface area contributed by atoms with Gasteiger partial charge >= 0.3 is 0 Å². The predicted octanol–water partition coefficient (Wildman–Crippen LogP) is 4.27. The standard InChI is InChI=1S/C24H32N6O.HI/c1-17(2)31-22-13-18(3)11-12-21(22)15-26-24(25-14-20-9-7-6-8-10-20)27-16-23-29-28-19(4)30(23)5;/h6-13,17H,14-16H2,1-5H3,(H2,25,26,27);1H. The van der Waals surface area contributed by atoms with E-state index in [1.165, 1.54) is 5.56 Å². The fraction of sp³-hybridized carbons (Fsp3) is 0.375. The van der Waals surface area contributed by atoms with Crippen LogP contribution in [-0.2, 0) is 26.7 Å². The second-order valence-corrected chi connectivity index (χ2v) is 7.86. The molecule has 3 aromatic rings. The highest BCUT2D eigenvalue weighted by molar-refractivity contribution is 14.0. The first-order chi connectivity index (χ1) is 14.9. The van der Waals surface area contributed by atoms with Crippen molar-refractivity contribution in [1.82, 2.24) is 25.4 Å². The van der Waals surface area contributed by atoms with Crippen LogP contribution in [0.4, 0.5) is 0 Å². The molecule has 0 radical (unpaired) electrons. The second-order valence-electron chi connectivity index (χ2n) is 7.86. The summed E-state index contributed by atoms with van der Waals surface area (Å²) in [6.45, 7) is 9.79. The van der Waals surface area contributed by atoms with Crippen molar-refractivity contribution in [2.24, 2.45) is 12.0 Å². The normalized spacial score (nSPS) is 11.2. The van der Waals surface area contributed by atoms with Crippen molar-refractivity contribution in [2.45, 2.75) is 53.4 Å². The van der Waals surface area contributed by atoms with Crippen molar-refractivity contribution >= 4 is 29.9 Å². The quantitative estimate of drug-likeness (QED) is 0.250. The van der Waals surface area contributed by atoms with Crippen LogP contribution in [0.25, 0.3) is 0 Å². The number of aliphatic imine (C=N–C) groups is 1. The largest absolute Gasteiger partial charge is 0.491 e. The summed E-state index contributed by atoms with van der Waals surface area (Å²) in [6.07, 6.45) is 0.115. The van der Waals surface area contributed by atoms with Gasteiger partial charge in [-0.25, -0.2) is 4.99 Å². The Morgan fingerprint density at radius 1 is 1.03 bits per heavy atom. The molecule has 2 aromatic carbocycles. The van der Waals surface area contributed by atoms with Crippen LogP contribution in [0, 0.1) is 13.8 Å². The van der Waals surface area contributed by atoms with Crippen LogP contribution >= 0.6 is 24.0 Å². The zero-order valence-corrected chi connectivity index (χ0v) is 21.8. The average molecular weight is 548 g/mol. The first kappa shape index (κ1) is 25.6. The van der Waals surface area contributed by atoms with E-state index in [4.69, 9.17) is 9.73 Å². The van der Waals surface area contributed by atoms with E-state index in [9.17, 15) is 0 Å². The molecule has 3 rings (SSSR count). The molecule has 0 spiro atoms. The Hall–Kier alpha value is -2.62. The first-order valence-corrected chi connectivity index (χ1v) is 10.6. The van der Waals surface area contributed by atoms with E-state index in [0.717, 1.165) is 28.5 Å². The lowest BCUT2D eigenvalue weighted by Crippen LogP contribution is -2.37. The number of aryl methyl sites for hydroxylation is 2. The van der Waals surface area contributed by atoms with Crippen molar-refractivity contribution in [3.05, 3.63) is 76.9 Å². The number of hydrogen-bond acceptors (Lipinski definition) is 4. The third kappa shape index (κ3) is 7.51. The molecule has 0 saturated heterocycles. The molecule has 0 unspecified atom stereocenters. The van der Waals surface area contributed by atoms with Crippen LogP contribution in [0.1, 0.15) is 42.2 Å². The van der Waals surface area contributed by atoms with Gasteiger partial charge in [0.15, 0.2) is 11.8 Å². The molecule has 2 N–H and O–H groups in total. The van der Waals surface area contributed by atoms with Crippen LogP contribution < -0.4 is 15.4 Å². The summed E-state index contributed by atoms with van der Waals surface area (Å²) in [5.41, 5.74) is 3.41. The van der Waals surface area contributed by atoms with Crippen LogP contribution in [0.15, 0.2) is 53.5 Å². The van der Waals surface area contributed by atoms with Crippen molar-refractivity contribution in [1.29, 1.82) is 0 Å². The smallest absolute Gasteiger partial charge is 0.192 e. The van der Waals surface area contributed by atoms with E-state index in [0.29, 0.717) is 25.6 Å². The zero-order chi connectivity index (χ0) is 22.2. The highest BCUT2D eigenvalue weighted by atomic mass is 127. The van der Waals surface area contributed by atoms with Crippen molar-refractivity contribution < 1.29 is 4.74 Å². The van der Waals surface area contributed by atoms with E-state index in [1.54, 1.807) is 0 Å². The Labute approximate surface area is 207 Å². The van der Waals surface area contributed by atoms with Crippen LogP contribution in [0.5, 0.6) is 5.75 Å². The Bertz CT molecular complexity index is 1020. The van der Waals surface area contributed by atoms with E-state index < -0.39 is 0 Å². The Balaban J connectivity index is 0.00000363. The van der Waals surface area contributed by atoms with Crippen LogP contribution in [-0.4, -0.2) is 26.8 Å². The number of ether oxygens (including phenoxy) is 1. The minimum Gasteiger partial charge on any atom is -0.491 e. The lowest BCUT2D eigenvalue weighted by atomic mass is 10.1. The summed E-state index contributed by atoms with van der Waals surface area (Å²) in [6, 6.07) is 16.5. The number of halogens is 1. The van der Waals surface area contributed by atoms with Gasteiger partial charge in [0.2, 0.25) is 0 Å². The number of rotatable bonds is 8. The summed E-state index contributed by atoms with van der Waals surface area (Å²) in [7, 11) is 1.96. The molecule has 0 fully saturated rings. The predicted molar refractivity (Wildman–Crippen MR) is 139 cm³/mol. The van der Waals surface area contributed by atoms with Gasteiger partial charge in [-0.05, 0) is 44.9 Å². The number of benzene rings is 2. The SMILES string of the molecule is Cc1ccc(CNC(=NCc2ccccc2)NCc2nnc(C)n2C)c(OC(C)C)c1.I. The maximum Gasteiger partial charge on any atom is 0.192 e. The zero-order valence-electron chi connectivity index (χ0n) is 19.4. The second kappa shape index (κ2) is 12.4. The number of nitrogens with zero attached hydrogens (tertiary/aromatic N) is 4. The lowest BCUT2D eigenvalue weighted by molar-refractivity contribution is 0.239. The number of nitrogens with one attached hydrogen (secondary N) is 2. The number of hydrogen-bond donors (Lipinski definition) is 2. The molecule has 0 saturated carbocycles. The fourth-order valence-corrected chi connectivity index (χ4v) is 3.05. The third-order valence-corrected chi connectivity index (χ3v) is 4.89. The molecule has 0 amide bonds. The maximum absolute atomic E-state index is 6.01. The van der Waals surface area contributed by atoms with Crippen molar-refractivity contribution in [3.8, 4) is 5.75 Å². The molecule has 0 bridgehead atoms. The van der Waals surface area contributed by atoms with E-state index >= 15 is 0 Å². The summed E-state index contributed by atoms with van der Waals surface area (Å²) < 4.78 is 7.98. The van der Waals surface area contributed by atoms with Gasteiger partial charge < -0.3 is 19.9 Å². The van der Waals surface area contributed by atoms with Crippen LogP contribution in [0.2, 0.25) is 0 Å². The van der Waals surface area contributed by atoms with Gasteiger partial charge in [-0.2, -0.15) is 0 Å². The molecule has 0 aliphatic rings. The minimum absolute atomic E-state index is 0. The highest BCUT2D eigenvalue weighted by Crippen LogP contribution is 2.21. The van der Waals surface area contributed by atoms with Crippen molar-refractivity contribution in [2.75, 3.05) is 0 Å². The lowest BCUT2D eigenvalue weighted by Gasteiger charge is -2.17. The van der Waals surface area contributed by atoms with Crippen molar-refractivity contribution in [3.63, 3.8) is 0 Å². The average Bonchev–Trinajstić information content (AvgIpc) is 3.07. The Morgan fingerprint density at radius 2 is 1.75 bits per heavy atom. The maximum atomic E-state index is 6.01. The number of aromatic nitrogens is 3. The summed E-state index contributed by atoms with van der Waals surface area (Å²) in [5.74, 6) is 3.34. The van der Waals surface area contributed by atoms with Crippen LogP contribution in [0.3, 0.4) is 0 Å². The Morgan fingerprint density at radius 3 is 2.41 bits per heavy atom.